The van der Waals surface area contributed by atoms with Gasteiger partial charge >= 0.3 is 6.03 Å². The monoisotopic (exact) mass is 425 g/mol. The van der Waals surface area contributed by atoms with Crippen LogP contribution in [-0.2, 0) is 16.1 Å². The maximum Gasteiger partial charge on any atom is 0.325 e. The van der Waals surface area contributed by atoms with E-state index < -0.39 is 23.9 Å². The van der Waals surface area contributed by atoms with Crippen molar-refractivity contribution in [1.82, 2.24) is 15.5 Å². The molecular formula is C19H27N3O6S. The Morgan fingerprint density at radius 3 is 2.66 bits per heavy atom. The van der Waals surface area contributed by atoms with Gasteiger partial charge in [-0.05, 0) is 36.1 Å². The van der Waals surface area contributed by atoms with Gasteiger partial charge in [0.25, 0.3) is 5.91 Å². The highest BCUT2D eigenvalue weighted by atomic mass is 32.2. The number of rotatable bonds is 11. The zero-order valence-corrected chi connectivity index (χ0v) is 17.6. The van der Waals surface area contributed by atoms with Crippen LogP contribution in [0.15, 0.2) is 18.2 Å². The van der Waals surface area contributed by atoms with Gasteiger partial charge in [0.2, 0.25) is 5.91 Å². The molecule has 1 aliphatic rings. The number of nitrogens with one attached hydrogen (secondary N) is 2. The Hall–Kier alpha value is -2.46. The number of amides is 4. The molecule has 1 aromatic carbocycles. The summed E-state index contributed by atoms with van der Waals surface area (Å²) in [4.78, 5) is 38.1. The van der Waals surface area contributed by atoms with Crippen LogP contribution in [0.3, 0.4) is 0 Å². The number of methoxy groups -OCH3 is 2. The van der Waals surface area contributed by atoms with Crippen molar-refractivity contribution in [3.05, 3.63) is 23.8 Å². The van der Waals surface area contributed by atoms with E-state index in [9.17, 15) is 19.5 Å². The number of ether oxygens (including phenoxy) is 2. The fourth-order valence-corrected chi connectivity index (χ4v) is 3.49. The summed E-state index contributed by atoms with van der Waals surface area (Å²) in [7, 11) is 3.02. The average molecular weight is 426 g/mol. The normalized spacial score (nSPS) is 17.1. The van der Waals surface area contributed by atoms with E-state index in [1.165, 1.54) is 14.2 Å². The molecular weight excluding hydrogens is 398 g/mol. The molecule has 1 heterocycles. The zero-order chi connectivity index (χ0) is 21.4. The summed E-state index contributed by atoms with van der Waals surface area (Å²) in [5, 5.41) is 14.6. The molecule has 0 unspecified atom stereocenters. The van der Waals surface area contributed by atoms with Gasteiger partial charge in [-0.2, -0.15) is 11.8 Å². The molecule has 0 bridgehead atoms. The van der Waals surface area contributed by atoms with E-state index in [4.69, 9.17) is 9.47 Å². The lowest BCUT2D eigenvalue weighted by molar-refractivity contribution is -0.131. The minimum Gasteiger partial charge on any atom is -0.493 e. The number of thioether (sulfide) groups is 1. The Morgan fingerprint density at radius 2 is 2.03 bits per heavy atom. The van der Waals surface area contributed by atoms with Crippen LogP contribution in [0.1, 0.15) is 18.4 Å². The number of hydrogen-bond donors (Lipinski definition) is 3. The molecule has 10 heteroatoms. The fraction of sp³-hybridized carbons (Fsp3) is 0.526. The molecule has 160 valence electrons. The van der Waals surface area contributed by atoms with Gasteiger partial charge < -0.3 is 25.2 Å². The highest BCUT2D eigenvalue weighted by Gasteiger charge is 2.39. The van der Waals surface area contributed by atoms with Gasteiger partial charge in [-0.25, -0.2) is 4.79 Å². The summed E-state index contributed by atoms with van der Waals surface area (Å²) in [6, 6.07) is 3.27. The summed E-state index contributed by atoms with van der Waals surface area (Å²) in [6.45, 7) is -0.126. The van der Waals surface area contributed by atoms with Crippen molar-refractivity contribution >= 4 is 29.6 Å². The largest absolute Gasteiger partial charge is 0.493 e. The molecule has 0 radical (unpaired) electrons. The Labute approximate surface area is 174 Å². The number of benzene rings is 1. The molecule has 1 saturated heterocycles. The van der Waals surface area contributed by atoms with Crippen LogP contribution in [0, 0.1) is 0 Å². The van der Waals surface area contributed by atoms with E-state index in [0.717, 1.165) is 10.7 Å². The van der Waals surface area contributed by atoms with Crippen LogP contribution < -0.4 is 20.1 Å². The van der Waals surface area contributed by atoms with Crippen LogP contribution in [-0.4, -0.2) is 72.8 Å². The van der Waals surface area contributed by atoms with Gasteiger partial charge in [-0.1, -0.05) is 6.07 Å². The first kappa shape index (κ1) is 22.8. The lowest BCUT2D eigenvalue weighted by Gasteiger charge is -2.17. The minimum atomic E-state index is -0.928. The second-order valence-corrected chi connectivity index (χ2v) is 7.53. The topological polar surface area (TPSA) is 117 Å². The zero-order valence-electron chi connectivity index (χ0n) is 16.8. The molecule has 4 amide bonds. The van der Waals surface area contributed by atoms with E-state index in [-0.39, 0.29) is 25.6 Å². The Morgan fingerprint density at radius 1 is 1.31 bits per heavy atom. The third kappa shape index (κ3) is 6.01. The summed E-state index contributed by atoms with van der Waals surface area (Å²) >= 11 is 1.62. The van der Waals surface area contributed by atoms with E-state index in [1.807, 2.05) is 6.26 Å². The predicted molar refractivity (Wildman–Crippen MR) is 109 cm³/mol. The maximum absolute atomic E-state index is 12.6. The van der Waals surface area contributed by atoms with Gasteiger partial charge in [0, 0.05) is 0 Å². The Kier molecular flexibility index (Phi) is 8.59. The molecule has 9 nitrogen and oxygen atoms in total. The van der Waals surface area contributed by atoms with Gasteiger partial charge in [0.1, 0.15) is 6.04 Å². The smallest absolute Gasteiger partial charge is 0.325 e. The molecule has 0 aliphatic carbocycles. The summed E-state index contributed by atoms with van der Waals surface area (Å²) in [5.74, 6) is 0.974. The first-order chi connectivity index (χ1) is 13.9. The van der Waals surface area contributed by atoms with Gasteiger partial charge in [-0.3, -0.25) is 14.5 Å². The maximum atomic E-state index is 12.6. The molecule has 2 rings (SSSR count). The summed E-state index contributed by atoms with van der Waals surface area (Å²) in [5.41, 5.74) is 0.689. The van der Waals surface area contributed by atoms with Crippen LogP contribution in [0.2, 0.25) is 0 Å². The Bertz CT molecular complexity index is 745. The van der Waals surface area contributed by atoms with E-state index >= 15 is 0 Å². The molecule has 0 saturated carbocycles. The molecule has 3 N–H and O–H groups in total. The number of carbonyl (C=O) groups excluding carboxylic acids is 3. The van der Waals surface area contributed by atoms with Crippen LogP contribution >= 0.6 is 11.8 Å². The molecule has 1 aliphatic heterocycles. The van der Waals surface area contributed by atoms with Crippen molar-refractivity contribution in [3.8, 4) is 11.5 Å². The number of imide groups is 1. The van der Waals surface area contributed by atoms with E-state index in [1.54, 1.807) is 30.0 Å². The first-order valence-electron chi connectivity index (χ1n) is 9.15. The summed E-state index contributed by atoms with van der Waals surface area (Å²) in [6.07, 6.45) is 2.39. The summed E-state index contributed by atoms with van der Waals surface area (Å²) < 4.78 is 10.4. The van der Waals surface area contributed by atoms with E-state index in [0.29, 0.717) is 23.5 Å². The van der Waals surface area contributed by atoms with Crippen molar-refractivity contribution in [2.75, 3.05) is 32.8 Å². The number of carbonyl (C=O) groups is 3. The van der Waals surface area contributed by atoms with Crippen LogP contribution in [0.5, 0.6) is 11.5 Å². The second kappa shape index (κ2) is 10.9. The fourth-order valence-electron chi connectivity index (χ4n) is 2.97. The lowest BCUT2D eigenvalue weighted by Crippen LogP contribution is -2.42. The van der Waals surface area contributed by atoms with Gasteiger partial charge in [0.15, 0.2) is 11.5 Å². The van der Waals surface area contributed by atoms with Crippen molar-refractivity contribution in [1.29, 1.82) is 0 Å². The molecule has 2 atom stereocenters. The van der Waals surface area contributed by atoms with Crippen LogP contribution in [0.25, 0.3) is 0 Å². The number of aliphatic hydroxyl groups excluding tert-OH is 1. The van der Waals surface area contributed by atoms with Crippen molar-refractivity contribution in [2.45, 2.75) is 31.5 Å². The standard InChI is InChI=1S/C19H27N3O6S/c1-27-15-5-4-12(8-16(15)28-2)10-22-18(25)14(21-19(22)26)9-17(24)20-13(11-23)6-7-29-3/h4-5,8,13-14,23H,6-7,9-11H2,1-3H3,(H,20,24)(H,21,26)/t13-,14-/m0/s1. The average Bonchev–Trinajstić information content (AvgIpc) is 2.98. The molecule has 1 fully saturated rings. The van der Waals surface area contributed by atoms with E-state index in [2.05, 4.69) is 10.6 Å². The van der Waals surface area contributed by atoms with Crippen molar-refractivity contribution in [2.24, 2.45) is 0 Å². The number of nitrogens with zero attached hydrogens (tertiary/aromatic N) is 1. The molecule has 0 aromatic heterocycles. The number of hydrogen-bond acceptors (Lipinski definition) is 7. The minimum absolute atomic E-state index is 0.0517. The second-order valence-electron chi connectivity index (χ2n) is 6.55. The highest BCUT2D eigenvalue weighted by Crippen LogP contribution is 2.28. The molecule has 1 aromatic rings. The number of urea groups is 1. The Balaban J connectivity index is 1.98. The third-order valence-corrected chi connectivity index (χ3v) is 5.19. The molecule has 0 spiro atoms. The highest BCUT2D eigenvalue weighted by molar-refractivity contribution is 7.98. The van der Waals surface area contributed by atoms with Crippen molar-refractivity contribution < 1.29 is 29.0 Å². The molecule has 29 heavy (non-hydrogen) atoms. The lowest BCUT2D eigenvalue weighted by atomic mass is 10.1. The van der Waals surface area contributed by atoms with Crippen molar-refractivity contribution in [3.63, 3.8) is 0 Å². The number of aliphatic hydroxyl groups is 1. The van der Waals surface area contributed by atoms with Gasteiger partial charge in [0.05, 0.1) is 39.8 Å². The van der Waals surface area contributed by atoms with Crippen LogP contribution in [0.4, 0.5) is 4.79 Å². The quantitative estimate of drug-likeness (QED) is 0.448. The predicted octanol–water partition coefficient (Wildman–Crippen LogP) is 0.745. The van der Waals surface area contributed by atoms with Gasteiger partial charge in [-0.15, -0.1) is 0 Å². The first-order valence-corrected chi connectivity index (χ1v) is 10.5. The third-order valence-electron chi connectivity index (χ3n) is 4.54. The SMILES string of the molecule is COc1ccc(CN2C(=O)N[C@@H](CC(=O)N[C@H](CO)CCSC)C2=O)cc1OC.